The Morgan fingerprint density at radius 1 is 1.26 bits per heavy atom. The van der Waals surface area contributed by atoms with E-state index >= 15 is 0 Å². The van der Waals surface area contributed by atoms with Crippen LogP contribution in [-0.2, 0) is 21.2 Å². The van der Waals surface area contributed by atoms with Gasteiger partial charge in [-0.25, -0.2) is 17.9 Å². The Kier molecular flexibility index (Phi) is 8.16. The first-order valence-corrected chi connectivity index (χ1v) is 12.2. The van der Waals surface area contributed by atoms with Gasteiger partial charge in [0.2, 0.25) is 15.2 Å². The van der Waals surface area contributed by atoms with Crippen molar-refractivity contribution in [3.8, 4) is 0 Å². The first-order valence-electron chi connectivity index (χ1n) is 7.73. The molecule has 0 radical (unpaired) electrons. The van der Waals surface area contributed by atoms with Crippen LogP contribution in [0.5, 0.6) is 0 Å². The number of thiophene rings is 1. The van der Waals surface area contributed by atoms with Crippen LogP contribution in [0.2, 0.25) is 0 Å². The summed E-state index contributed by atoms with van der Waals surface area (Å²) in [6.07, 6.45) is 1.03. The van der Waals surface area contributed by atoms with Gasteiger partial charge in [0.05, 0.1) is 23.5 Å². The van der Waals surface area contributed by atoms with Crippen LogP contribution in [0.25, 0.3) is 0 Å². The van der Waals surface area contributed by atoms with Gasteiger partial charge in [-0.15, -0.1) is 21.5 Å². The fourth-order valence-corrected chi connectivity index (χ4v) is 4.92. The number of ether oxygens (including phenoxy) is 1. The summed E-state index contributed by atoms with van der Waals surface area (Å²) in [6.45, 7) is 2.25. The number of rotatable bonds is 10. The Bertz CT molecular complexity index is 893. The number of nitrogens with one attached hydrogen (secondary N) is 2. The lowest BCUT2D eigenvalue weighted by atomic mass is 10.3. The topological polar surface area (TPSA) is 127 Å². The standard InChI is InChI=1S/C14H18N4O5S4/c1-3-23-13(20)16-12-17-18-14(26-12)24-8-10(19)11-5-4-9(25-11)6-7-15-27(2,21)22/h4-5,15H,3,6-8H2,1-2H3,(H,16,17,20). The highest BCUT2D eigenvalue weighted by molar-refractivity contribution is 8.01. The van der Waals surface area contributed by atoms with Crippen molar-refractivity contribution in [2.75, 3.05) is 30.5 Å². The maximum absolute atomic E-state index is 12.3. The summed E-state index contributed by atoms with van der Waals surface area (Å²) >= 11 is 3.73. The van der Waals surface area contributed by atoms with Gasteiger partial charge in [0.15, 0.2) is 10.1 Å². The highest BCUT2D eigenvalue weighted by Crippen LogP contribution is 2.27. The molecule has 9 nitrogen and oxygen atoms in total. The summed E-state index contributed by atoms with van der Waals surface area (Å²) in [4.78, 5) is 25.1. The molecule has 2 aromatic heterocycles. The summed E-state index contributed by atoms with van der Waals surface area (Å²) in [5.74, 6) is 0.137. The Morgan fingerprint density at radius 3 is 2.74 bits per heavy atom. The SMILES string of the molecule is CCOC(=O)Nc1nnc(SCC(=O)c2ccc(CCNS(C)(=O)=O)s2)s1. The van der Waals surface area contributed by atoms with Crippen LogP contribution in [0.4, 0.5) is 9.93 Å². The number of hydrogen-bond acceptors (Lipinski definition) is 10. The molecule has 2 rings (SSSR count). The second-order valence-corrected chi connectivity index (χ2v) is 10.3. The minimum Gasteiger partial charge on any atom is -0.450 e. The Hall–Kier alpha value is -1.54. The molecular formula is C14H18N4O5S4. The summed E-state index contributed by atoms with van der Waals surface area (Å²) < 4.78 is 29.8. The number of amides is 1. The number of ketones is 1. The predicted molar refractivity (Wildman–Crippen MR) is 106 cm³/mol. The van der Waals surface area contributed by atoms with Crippen molar-refractivity contribution < 1.29 is 22.7 Å². The van der Waals surface area contributed by atoms with Crippen molar-refractivity contribution in [2.45, 2.75) is 17.7 Å². The third kappa shape index (κ3) is 7.92. The molecule has 1 amide bonds. The Labute approximate surface area is 169 Å². The normalized spacial score (nSPS) is 11.3. The summed E-state index contributed by atoms with van der Waals surface area (Å²) in [5, 5.41) is 10.5. The smallest absolute Gasteiger partial charge is 0.413 e. The molecule has 0 saturated carbocycles. The molecule has 0 aromatic carbocycles. The van der Waals surface area contributed by atoms with Gasteiger partial charge < -0.3 is 4.74 Å². The molecule has 0 aliphatic rings. The van der Waals surface area contributed by atoms with Crippen LogP contribution in [0.15, 0.2) is 16.5 Å². The number of hydrogen-bond donors (Lipinski definition) is 2. The van der Waals surface area contributed by atoms with Crippen LogP contribution >= 0.6 is 34.4 Å². The highest BCUT2D eigenvalue weighted by atomic mass is 32.2. The van der Waals surface area contributed by atoms with Crippen molar-refractivity contribution in [3.05, 3.63) is 21.9 Å². The molecule has 2 N–H and O–H groups in total. The number of nitrogens with zero attached hydrogens (tertiary/aromatic N) is 2. The fraction of sp³-hybridized carbons (Fsp3) is 0.429. The van der Waals surface area contributed by atoms with E-state index in [1.165, 1.54) is 23.1 Å². The number of sulfonamides is 1. The number of carbonyl (C=O) groups is 2. The third-order valence-corrected chi connectivity index (χ3v) is 6.78. The van der Waals surface area contributed by atoms with E-state index in [0.29, 0.717) is 27.3 Å². The summed E-state index contributed by atoms with van der Waals surface area (Å²) in [5.41, 5.74) is 0. The molecule has 27 heavy (non-hydrogen) atoms. The predicted octanol–water partition coefficient (Wildman–Crippen LogP) is 2.23. The van der Waals surface area contributed by atoms with Gasteiger partial charge in [-0.2, -0.15) is 0 Å². The third-order valence-electron chi connectivity index (χ3n) is 2.89. The molecule has 2 heterocycles. The van der Waals surface area contributed by atoms with Crippen LogP contribution in [0, 0.1) is 0 Å². The number of anilines is 1. The molecule has 0 aliphatic heterocycles. The van der Waals surface area contributed by atoms with Crippen LogP contribution in [0.1, 0.15) is 21.5 Å². The van der Waals surface area contributed by atoms with E-state index in [1.54, 1.807) is 13.0 Å². The zero-order chi connectivity index (χ0) is 19.9. The van der Waals surface area contributed by atoms with E-state index in [1.807, 2.05) is 6.07 Å². The largest absolute Gasteiger partial charge is 0.450 e. The van der Waals surface area contributed by atoms with E-state index in [2.05, 4.69) is 20.2 Å². The number of carbonyl (C=O) groups excluding carboxylic acids is 2. The molecule has 13 heteroatoms. The van der Waals surface area contributed by atoms with Gasteiger partial charge in [-0.3, -0.25) is 10.1 Å². The van der Waals surface area contributed by atoms with Gasteiger partial charge in [-0.1, -0.05) is 23.1 Å². The molecule has 2 aromatic rings. The van der Waals surface area contributed by atoms with Crippen molar-refractivity contribution in [1.29, 1.82) is 0 Å². The lowest BCUT2D eigenvalue weighted by Gasteiger charge is -1.99. The first-order chi connectivity index (χ1) is 12.8. The Balaban J connectivity index is 1.80. The van der Waals surface area contributed by atoms with Gasteiger partial charge in [-0.05, 0) is 25.5 Å². The number of Topliss-reactive ketones (excluding diaryl/α,β-unsaturated/α-hetero) is 1. The lowest BCUT2D eigenvalue weighted by Crippen LogP contribution is -2.23. The van der Waals surface area contributed by atoms with E-state index in [-0.39, 0.29) is 18.1 Å². The van der Waals surface area contributed by atoms with E-state index in [4.69, 9.17) is 4.74 Å². The molecule has 0 bridgehead atoms. The number of aromatic nitrogens is 2. The number of thioether (sulfide) groups is 1. The van der Waals surface area contributed by atoms with Crippen LogP contribution in [0.3, 0.4) is 0 Å². The fourth-order valence-electron chi connectivity index (χ4n) is 1.79. The van der Waals surface area contributed by atoms with Crippen molar-refractivity contribution in [1.82, 2.24) is 14.9 Å². The molecule has 148 valence electrons. The Morgan fingerprint density at radius 2 is 2.04 bits per heavy atom. The molecule has 0 fully saturated rings. The van der Waals surface area contributed by atoms with Crippen molar-refractivity contribution >= 4 is 61.5 Å². The van der Waals surface area contributed by atoms with Gasteiger partial charge >= 0.3 is 6.09 Å². The van der Waals surface area contributed by atoms with Gasteiger partial charge in [0, 0.05) is 11.4 Å². The first kappa shape index (κ1) is 21.8. The van der Waals surface area contributed by atoms with E-state index in [0.717, 1.165) is 22.5 Å². The van der Waals surface area contributed by atoms with E-state index in [9.17, 15) is 18.0 Å². The maximum atomic E-state index is 12.3. The molecule has 0 atom stereocenters. The zero-order valence-corrected chi connectivity index (χ0v) is 17.8. The molecule has 0 aliphatic carbocycles. The quantitative estimate of drug-likeness (QED) is 0.320. The van der Waals surface area contributed by atoms with Crippen LogP contribution in [-0.4, -0.2) is 55.7 Å². The van der Waals surface area contributed by atoms with E-state index < -0.39 is 16.1 Å². The molecule has 0 saturated heterocycles. The van der Waals surface area contributed by atoms with Crippen molar-refractivity contribution in [2.24, 2.45) is 0 Å². The summed E-state index contributed by atoms with van der Waals surface area (Å²) in [6, 6.07) is 3.55. The molecule has 0 unspecified atom stereocenters. The average molecular weight is 451 g/mol. The van der Waals surface area contributed by atoms with Crippen LogP contribution < -0.4 is 10.0 Å². The molecule has 0 spiro atoms. The second-order valence-electron chi connectivity index (χ2n) is 5.11. The minimum atomic E-state index is -3.21. The minimum absolute atomic E-state index is 0.0533. The average Bonchev–Trinajstić information content (AvgIpc) is 3.21. The van der Waals surface area contributed by atoms with Gasteiger partial charge in [0.1, 0.15) is 0 Å². The highest BCUT2D eigenvalue weighted by Gasteiger charge is 2.14. The monoisotopic (exact) mass is 450 g/mol. The maximum Gasteiger partial charge on any atom is 0.413 e. The van der Waals surface area contributed by atoms with Gasteiger partial charge in [0.25, 0.3) is 0 Å². The zero-order valence-electron chi connectivity index (χ0n) is 14.6. The summed E-state index contributed by atoms with van der Waals surface area (Å²) in [7, 11) is -3.21. The lowest BCUT2D eigenvalue weighted by molar-refractivity contribution is 0.102. The van der Waals surface area contributed by atoms with Crippen molar-refractivity contribution in [3.63, 3.8) is 0 Å². The molecular weight excluding hydrogens is 432 g/mol. The second kappa shape index (κ2) is 10.1.